The van der Waals surface area contributed by atoms with Crippen LogP contribution in [0.1, 0.15) is 70.4 Å². The number of nitrogens with zero attached hydrogens (tertiary/aromatic N) is 4. The van der Waals surface area contributed by atoms with Crippen molar-refractivity contribution < 1.29 is 14.3 Å². The molecule has 0 spiro atoms. The van der Waals surface area contributed by atoms with E-state index < -0.39 is 11.7 Å². The first-order chi connectivity index (χ1) is 19.1. The van der Waals surface area contributed by atoms with Gasteiger partial charge in [-0.15, -0.1) is 0 Å². The number of hydrogen-bond acceptors (Lipinski definition) is 8. The van der Waals surface area contributed by atoms with Crippen LogP contribution in [0.4, 0.5) is 22.2 Å². The summed E-state index contributed by atoms with van der Waals surface area (Å²) in [6.45, 7) is 5.32. The number of amides is 2. The molecule has 2 saturated carbocycles. The monoisotopic (exact) mass is 543 g/mol. The zero-order valence-corrected chi connectivity index (χ0v) is 23.6. The third kappa shape index (κ3) is 8.88. The Kier molecular flexibility index (Phi) is 9.11. The predicted octanol–water partition coefficient (Wildman–Crippen LogP) is 4.56. The molecule has 10 nitrogen and oxygen atoms in total. The lowest BCUT2D eigenvalue weighted by Gasteiger charge is -2.28. The Morgan fingerprint density at radius 3 is 2.70 bits per heavy atom. The summed E-state index contributed by atoms with van der Waals surface area (Å²) < 4.78 is 5.32. The van der Waals surface area contributed by atoms with Gasteiger partial charge in [-0.25, -0.2) is 9.78 Å². The number of likely N-dealkylation sites (N-methyl/N-ethyl adjacent to an activating group) is 1. The summed E-state index contributed by atoms with van der Waals surface area (Å²) in [7, 11) is 1.56. The minimum atomic E-state index is -0.614. The first-order valence-corrected chi connectivity index (χ1v) is 13.7. The molecule has 0 bridgehead atoms. The number of benzene rings is 1. The number of aromatic nitrogens is 2. The number of hydrogen-bond donors (Lipinski definition) is 3. The number of ether oxygens (including phenoxy) is 1. The molecule has 1 heterocycles. The molecular formula is C30H37N7O3. The Morgan fingerprint density at radius 1 is 1.18 bits per heavy atom. The van der Waals surface area contributed by atoms with Gasteiger partial charge < -0.3 is 25.6 Å². The summed E-state index contributed by atoms with van der Waals surface area (Å²) in [5.74, 6) is 7.70. The van der Waals surface area contributed by atoms with Gasteiger partial charge in [0.15, 0.2) is 0 Å². The van der Waals surface area contributed by atoms with E-state index in [-0.39, 0.29) is 24.4 Å². The highest BCUT2D eigenvalue weighted by atomic mass is 16.6. The third-order valence-electron chi connectivity index (χ3n) is 6.49. The number of nitriles is 1. The number of anilines is 3. The molecule has 2 amide bonds. The van der Waals surface area contributed by atoms with Crippen LogP contribution in [0.15, 0.2) is 30.5 Å². The van der Waals surface area contributed by atoms with E-state index in [1.165, 1.54) is 4.90 Å². The van der Waals surface area contributed by atoms with Crippen LogP contribution in [0.3, 0.4) is 0 Å². The van der Waals surface area contributed by atoms with Crippen molar-refractivity contribution in [2.24, 2.45) is 5.92 Å². The molecule has 2 aliphatic carbocycles. The molecule has 2 aliphatic rings. The van der Waals surface area contributed by atoms with Gasteiger partial charge in [-0.05, 0) is 71.1 Å². The molecule has 4 rings (SSSR count). The zero-order chi connectivity index (χ0) is 28.7. The second kappa shape index (κ2) is 12.7. The van der Waals surface area contributed by atoms with Crippen molar-refractivity contribution in [2.45, 2.75) is 77.0 Å². The van der Waals surface area contributed by atoms with Gasteiger partial charge in [-0.1, -0.05) is 24.3 Å². The maximum Gasteiger partial charge on any atom is 0.410 e. The Morgan fingerprint density at radius 2 is 1.98 bits per heavy atom. The molecule has 2 aromatic rings. The summed E-state index contributed by atoms with van der Waals surface area (Å²) in [6.07, 6.45) is 6.92. The second-order valence-electron chi connectivity index (χ2n) is 11.4. The highest BCUT2D eigenvalue weighted by Gasteiger charge is 2.26. The Hall–Kier alpha value is -4.31. The molecule has 0 unspecified atom stereocenters. The van der Waals surface area contributed by atoms with Crippen molar-refractivity contribution in [1.82, 2.24) is 20.2 Å². The lowest BCUT2D eigenvalue weighted by atomic mass is 9.86. The van der Waals surface area contributed by atoms with Gasteiger partial charge in [-0.2, -0.15) is 10.2 Å². The molecule has 1 aromatic heterocycles. The lowest BCUT2D eigenvalue weighted by Crippen LogP contribution is -2.45. The number of carbonyl (C=O) groups excluding carboxylic acids is 2. The van der Waals surface area contributed by atoms with E-state index in [4.69, 9.17) is 10.00 Å². The van der Waals surface area contributed by atoms with Crippen molar-refractivity contribution in [2.75, 3.05) is 24.2 Å². The van der Waals surface area contributed by atoms with E-state index in [0.29, 0.717) is 23.4 Å². The molecule has 3 N–H and O–H groups in total. The van der Waals surface area contributed by atoms with Gasteiger partial charge in [0.2, 0.25) is 11.9 Å². The average Bonchev–Trinajstić information content (AvgIpc) is 3.71. The SMILES string of the molecule is CN(CC(=O)N[C@H]1CCC[C@@H](C#Cc2cnc(Nc3cccc(C#N)c3)nc2NC2CC2)C1)C(=O)OC(C)(C)C. The summed E-state index contributed by atoms with van der Waals surface area (Å²) in [5, 5.41) is 18.8. The van der Waals surface area contributed by atoms with Gasteiger partial charge in [0.1, 0.15) is 18.0 Å². The molecule has 0 aliphatic heterocycles. The minimum Gasteiger partial charge on any atom is -0.444 e. The van der Waals surface area contributed by atoms with Gasteiger partial charge in [0.25, 0.3) is 0 Å². The van der Waals surface area contributed by atoms with Crippen LogP contribution in [0.2, 0.25) is 0 Å². The number of rotatable bonds is 7. The number of nitrogens with one attached hydrogen (secondary N) is 3. The van der Waals surface area contributed by atoms with E-state index in [2.05, 4.69) is 43.8 Å². The van der Waals surface area contributed by atoms with Crippen molar-refractivity contribution in [3.8, 4) is 17.9 Å². The van der Waals surface area contributed by atoms with Crippen LogP contribution in [-0.4, -0.2) is 58.1 Å². The summed E-state index contributed by atoms with van der Waals surface area (Å²) in [6, 6.07) is 9.69. The van der Waals surface area contributed by atoms with Gasteiger partial charge in [-0.3, -0.25) is 4.79 Å². The fourth-order valence-electron chi connectivity index (χ4n) is 4.39. The topological polar surface area (TPSA) is 132 Å². The molecule has 10 heteroatoms. The van der Waals surface area contributed by atoms with Crippen LogP contribution in [0, 0.1) is 29.1 Å². The van der Waals surface area contributed by atoms with Crippen molar-refractivity contribution in [3.05, 3.63) is 41.6 Å². The zero-order valence-electron chi connectivity index (χ0n) is 23.6. The molecule has 0 saturated heterocycles. The Bertz CT molecular complexity index is 1330. The summed E-state index contributed by atoms with van der Waals surface area (Å²) in [5.41, 5.74) is 1.41. The van der Waals surface area contributed by atoms with Crippen LogP contribution >= 0.6 is 0 Å². The van der Waals surface area contributed by atoms with Crippen molar-refractivity contribution in [3.63, 3.8) is 0 Å². The molecule has 0 radical (unpaired) electrons. The lowest BCUT2D eigenvalue weighted by molar-refractivity contribution is -0.123. The summed E-state index contributed by atoms with van der Waals surface area (Å²) >= 11 is 0. The van der Waals surface area contributed by atoms with E-state index in [1.54, 1.807) is 46.1 Å². The molecular weight excluding hydrogens is 506 g/mol. The Labute approximate surface area is 235 Å². The first kappa shape index (κ1) is 28.7. The van der Waals surface area contributed by atoms with E-state index >= 15 is 0 Å². The van der Waals surface area contributed by atoms with Crippen LogP contribution < -0.4 is 16.0 Å². The van der Waals surface area contributed by atoms with Gasteiger partial charge in [0, 0.05) is 30.7 Å². The van der Waals surface area contributed by atoms with Crippen LogP contribution in [0.5, 0.6) is 0 Å². The highest BCUT2D eigenvalue weighted by molar-refractivity contribution is 5.82. The normalized spacial score (nSPS) is 18.4. The van der Waals surface area contributed by atoms with Crippen molar-refractivity contribution in [1.29, 1.82) is 5.26 Å². The predicted molar refractivity (Wildman–Crippen MR) is 153 cm³/mol. The van der Waals surface area contributed by atoms with Gasteiger partial charge in [0.05, 0.1) is 23.4 Å². The average molecular weight is 544 g/mol. The molecule has 2 atom stereocenters. The number of carbonyl (C=O) groups is 2. The van der Waals surface area contributed by atoms with E-state index in [1.807, 2.05) is 12.1 Å². The maximum absolute atomic E-state index is 12.6. The molecule has 1 aromatic carbocycles. The fraction of sp³-hybridized carbons (Fsp3) is 0.500. The van der Waals surface area contributed by atoms with E-state index in [9.17, 15) is 9.59 Å². The van der Waals surface area contributed by atoms with Crippen LogP contribution in [0.25, 0.3) is 0 Å². The van der Waals surface area contributed by atoms with Crippen LogP contribution in [-0.2, 0) is 9.53 Å². The third-order valence-corrected chi connectivity index (χ3v) is 6.49. The molecule has 2 fully saturated rings. The summed E-state index contributed by atoms with van der Waals surface area (Å²) in [4.78, 5) is 35.2. The molecule has 40 heavy (non-hydrogen) atoms. The quantitative estimate of drug-likeness (QED) is 0.433. The maximum atomic E-state index is 12.6. The first-order valence-electron chi connectivity index (χ1n) is 13.7. The Balaban J connectivity index is 1.37. The smallest absolute Gasteiger partial charge is 0.410 e. The molecule has 210 valence electrons. The standard InChI is InChI=1S/C30H37N7O3/c1-30(2,3)40-29(39)37(4)19-26(38)33-24-9-5-7-20(15-24)11-12-22-18-32-28(36-27(22)34-23-13-14-23)35-25-10-6-8-21(16-25)17-31/h6,8,10,16,18,20,23-24H,5,7,9,13-15,19H2,1-4H3,(H,33,38)(H2,32,34,35,36)/t20-,24-/m0/s1. The van der Waals surface area contributed by atoms with E-state index in [0.717, 1.165) is 49.8 Å². The highest BCUT2D eigenvalue weighted by Crippen LogP contribution is 2.27. The van der Waals surface area contributed by atoms with Crippen molar-refractivity contribution >= 4 is 29.5 Å². The fourth-order valence-corrected chi connectivity index (χ4v) is 4.39. The second-order valence-corrected chi connectivity index (χ2v) is 11.4. The van der Waals surface area contributed by atoms with Gasteiger partial charge >= 0.3 is 6.09 Å². The largest absolute Gasteiger partial charge is 0.444 e. The minimum absolute atomic E-state index is 0.00338.